The van der Waals surface area contributed by atoms with Gasteiger partial charge in [0.15, 0.2) is 0 Å². The summed E-state index contributed by atoms with van der Waals surface area (Å²) in [4.78, 5) is 28.1. The molecule has 2 aromatic rings. The molecule has 0 spiro atoms. The van der Waals surface area contributed by atoms with E-state index in [4.69, 9.17) is 9.47 Å². The number of nitrogens with zero attached hydrogens (tertiary/aromatic N) is 2. The van der Waals surface area contributed by atoms with Crippen molar-refractivity contribution in [3.63, 3.8) is 0 Å². The number of rotatable bonds is 8. The van der Waals surface area contributed by atoms with Crippen molar-refractivity contribution in [2.45, 2.75) is 58.2 Å². The lowest BCUT2D eigenvalue weighted by Crippen LogP contribution is -2.52. The van der Waals surface area contributed by atoms with E-state index in [2.05, 4.69) is 5.32 Å². The quantitative estimate of drug-likeness (QED) is 0.388. The van der Waals surface area contributed by atoms with Crippen molar-refractivity contribution in [3.8, 4) is 5.75 Å². The number of piperazine rings is 1. The van der Waals surface area contributed by atoms with Crippen LogP contribution in [0.25, 0.3) is 0 Å². The minimum Gasteiger partial charge on any atom is -0.494 e. The van der Waals surface area contributed by atoms with Gasteiger partial charge >= 0.3 is 18.3 Å². The number of nitrogens with one attached hydrogen (secondary N) is 1. The van der Waals surface area contributed by atoms with Gasteiger partial charge in [-0.05, 0) is 82.3 Å². The molecule has 0 atom stereocenters. The molecule has 1 heterocycles. The summed E-state index contributed by atoms with van der Waals surface area (Å²) >= 11 is 0. The summed E-state index contributed by atoms with van der Waals surface area (Å²) in [6.45, 7) is 7.53. The van der Waals surface area contributed by atoms with E-state index in [1.807, 2.05) is 45.0 Å². The average molecular weight is 536 g/mol. The third-order valence-electron chi connectivity index (χ3n) is 5.96. The molecule has 0 saturated carbocycles. The zero-order valence-electron chi connectivity index (χ0n) is 22.1. The van der Waals surface area contributed by atoms with Crippen molar-refractivity contribution >= 4 is 17.8 Å². The lowest BCUT2D eigenvalue weighted by Gasteiger charge is -2.35. The number of hydrogen-bond donors (Lipinski definition) is 1. The number of carbonyl (C=O) groups excluding carboxylic acids is 2. The summed E-state index contributed by atoms with van der Waals surface area (Å²) in [6.07, 6.45) is -1.35. The van der Waals surface area contributed by atoms with Gasteiger partial charge in [-0.2, -0.15) is 13.2 Å². The summed E-state index contributed by atoms with van der Waals surface area (Å²) in [5, 5.41) is 2.90. The van der Waals surface area contributed by atoms with E-state index < -0.39 is 17.3 Å². The Morgan fingerprint density at radius 1 is 0.895 bits per heavy atom. The zero-order chi connectivity index (χ0) is 27.8. The summed E-state index contributed by atoms with van der Waals surface area (Å²) in [6, 6.07) is 12.4. The molecule has 3 rings (SSSR count). The summed E-state index contributed by atoms with van der Waals surface area (Å²) in [5.74, 6) is 0.224. The number of aryl methyl sites for hydroxylation is 1. The Labute approximate surface area is 221 Å². The molecule has 0 radical (unpaired) electrons. The van der Waals surface area contributed by atoms with Crippen molar-refractivity contribution in [2.24, 2.45) is 0 Å². The number of amides is 3. The Hall–Kier alpha value is -3.43. The molecule has 0 bridgehead atoms. The predicted octanol–water partition coefficient (Wildman–Crippen LogP) is 6.58. The van der Waals surface area contributed by atoms with Crippen molar-refractivity contribution in [3.05, 3.63) is 59.7 Å². The van der Waals surface area contributed by atoms with E-state index in [1.54, 1.807) is 9.80 Å². The van der Waals surface area contributed by atoms with Gasteiger partial charge in [-0.15, -0.1) is 0 Å². The Balaban J connectivity index is 1.32. The molecule has 208 valence electrons. The molecule has 1 fully saturated rings. The molecule has 10 heteroatoms. The number of halogens is 3. The first kappa shape index (κ1) is 29.1. The first-order chi connectivity index (χ1) is 17.9. The van der Waals surface area contributed by atoms with Gasteiger partial charge < -0.3 is 24.6 Å². The van der Waals surface area contributed by atoms with E-state index in [0.717, 1.165) is 43.4 Å². The maximum Gasteiger partial charge on any atom is 0.416 e. The van der Waals surface area contributed by atoms with Crippen molar-refractivity contribution in [2.75, 3.05) is 38.1 Å². The lowest BCUT2D eigenvalue weighted by atomic mass is 10.1. The standard InChI is InChI=1S/C28H36F3N3O4/c1-27(2,3)38-26(36)34-17-15-33(16-18-34)25(35)32-23-13-11-21(12-14-23)8-5-4-6-19-37-24-10-7-9-22(20-24)28(29,30)31/h7,9-14,20H,4-6,8,15-19H2,1-3H3,(H,32,35). The number of anilines is 1. The number of benzene rings is 2. The van der Waals surface area contributed by atoms with Crippen LogP contribution in [0.5, 0.6) is 5.75 Å². The predicted molar refractivity (Wildman–Crippen MR) is 139 cm³/mol. The Morgan fingerprint density at radius 2 is 1.55 bits per heavy atom. The zero-order valence-corrected chi connectivity index (χ0v) is 22.1. The van der Waals surface area contributed by atoms with Gasteiger partial charge in [0.05, 0.1) is 12.2 Å². The molecule has 3 amide bonds. The monoisotopic (exact) mass is 535 g/mol. The Morgan fingerprint density at radius 3 is 2.18 bits per heavy atom. The number of unbranched alkanes of at least 4 members (excludes halogenated alkanes) is 2. The highest BCUT2D eigenvalue weighted by molar-refractivity contribution is 5.89. The summed E-state index contributed by atoms with van der Waals surface area (Å²) in [5.41, 5.74) is 0.563. The van der Waals surface area contributed by atoms with Crippen molar-refractivity contribution < 1.29 is 32.2 Å². The number of carbonyl (C=O) groups is 2. The van der Waals surface area contributed by atoms with Crippen molar-refractivity contribution in [1.29, 1.82) is 0 Å². The van der Waals surface area contributed by atoms with Crippen LogP contribution in [0.4, 0.5) is 28.4 Å². The van der Waals surface area contributed by atoms with E-state index in [1.165, 1.54) is 12.1 Å². The van der Waals surface area contributed by atoms with Gasteiger partial charge in [0.1, 0.15) is 11.4 Å². The molecule has 0 aliphatic carbocycles. The molecular formula is C28H36F3N3O4. The van der Waals surface area contributed by atoms with Crippen LogP contribution in [0.15, 0.2) is 48.5 Å². The SMILES string of the molecule is CC(C)(C)OC(=O)N1CCN(C(=O)Nc2ccc(CCCCCOc3cccc(C(F)(F)F)c3)cc2)CC1. The van der Waals surface area contributed by atoms with Crippen LogP contribution in [-0.2, 0) is 17.3 Å². The van der Waals surface area contributed by atoms with E-state index >= 15 is 0 Å². The van der Waals surface area contributed by atoms with Gasteiger partial charge in [0, 0.05) is 31.9 Å². The van der Waals surface area contributed by atoms with Gasteiger partial charge in [-0.3, -0.25) is 0 Å². The van der Waals surface area contributed by atoms with E-state index in [-0.39, 0.29) is 17.9 Å². The van der Waals surface area contributed by atoms with Gasteiger partial charge in [0.2, 0.25) is 0 Å². The largest absolute Gasteiger partial charge is 0.494 e. The van der Waals surface area contributed by atoms with E-state index in [0.29, 0.717) is 38.5 Å². The van der Waals surface area contributed by atoms with Crippen LogP contribution >= 0.6 is 0 Å². The van der Waals surface area contributed by atoms with E-state index in [9.17, 15) is 22.8 Å². The molecular weight excluding hydrogens is 499 g/mol. The van der Waals surface area contributed by atoms with Crippen LogP contribution in [0.2, 0.25) is 0 Å². The lowest BCUT2D eigenvalue weighted by molar-refractivity contribution is -0.137. The number of ether oxygens (including phenoxy) is 2. The minimum atomic E-state index is -4.38. The first-order valence-corrected chi connectivity index (χ1v) is 12.8. The van der Waals surface area contributed by atoms with Gasteiger partial charge in [-0.1, -0.05) is 18.2 Å². The topological polar surface area (TPSA) is 71.1 Å². The fourth-order valence-electron chi connectivity index (χ4n) is 3.94. The maximum atomic E-state index is 12.8. The van der Waals surface area contributed by atoms with Gasteiger partial charge in [0.25, 0.3) is 0 Å². The molecule has 1 aliphatic rings. The van der Waals surface area contributed by atoms with Gasteiger partial charge in [-0.25, -0.2) is 9.59 Å². The molecule has 0 unspecified atom stereocenters. The highest BCUT2D eigenvalue weighted by Crippen LogP contribution is 2.31. The smallest absolute Gasteiger partial charge is 0.416 e. The summed E-state index contributed by atoms with van der Waals surface area (Å²) in [7, 11) is 0. The van der Waals surface area contributed by atoms with Crippen LogP contribution in [0.1, 0.15) is 51.2 Å². The second-order valence-corrected chi connectivity index (χ2v) is 10.3. The molecule has 2 aromatic carbocycles. The molecule has 1 saturated heterocycles. The third-order valence-corrected chi connectivity index (χ3v) is 5.96. The number of urea groups is 1. The Bertz CT molecular complexity index is 1060. The molecule has 7 nitrogen and oxygen atoms in total. The maximum absolute atomic E-state index is 12.8. The molecule has 1 aliphatic heterocycles. The van der Waals surface area contributed by atoms with Crippen LogP contribution < -0.4 is 10.1 Å². The second-order valence-electron chi connectivity index (χ2n) is 10.3. The number of hydrogen-bond acceptors (Lipinski definition) is 4. The Kier molecular flexibility index (Phi) is 9.88. The molecule has 38 heavy (non-hydrogen) atoms. The fourth-order valence-corrected chi connectivity index (χ4v) is 3.94. The van der Waals surface area contributed by atoms with Crippen LogP contribution in [-0.4, -0.2) is 60.3 Å². The normalized spacial score (nSPS) is 14.3. The van der Waals surface area contributed by atoms with Crippen molar-refractivity contribution in [1.82, 2.24) is 9.80 Å². The third kappa shape index (κ3) is 9.46. The average Bonchev–Trinajstić information content (AvgIpc) is 2.86. The second kappa shape index (κ2) is 12.9. The minimum absolute atomic E-state index is 0.206. The number of alkyl halides is 3. The summed E-state index contributed by atoms with van der Waals surface area (Å²) < 4.78 is 49.2. The highest BCUT2D eigenvalue weighted by atomic mass is 19.4. The van der Waals surface area contributed by atoms with Crippen LogP contribution in [0, 0.1) is 0 Å². The first-order valence-electron chi connectivity index (χ1n) is 12.8. The molecule has 0 aromatic heterocycles. The van der Waals surface area contributed by atoms with Crippen LogP contribution in [0.3, 0.4) is 0 Å². The fraction of sp³-hybridized carbons (Fsp3) is 0.500. The highest BCUT2D eigenvalue weighted by Gasteiger charge is 2.30. The molecule has 1 N–H and O–H groups in total.